The lowest BCUT2D eigenvalue weighted by Gasteiger charge is -2.07. The molecule has 0 saturated carbocycles. The Bertz CT molecular complexity index is 364. The van der Waals surface area contributed by atoms with Crippen LogP contribution >= 0.6 is 0 Å². The Morgan fingerprint density at radius 1 is 1.05 bits per heavy atom. The molecule has 0 aliphatic carbocycles. The first-order valence-corrected chi connectivity index (χ1v) is 7.24. The van der Waals surface area contributed by atoms with E-state index in [1.165, 1.54) is 12.5 Å². The van der Waals surface area contributed by atoms with Crippen molar-refractivity contribution in [3.05, 3.63) is 35.4 Å². The zero-order valence-corrected chi connectivity index (χ0v) is 12.0. The highest BCUT2D eigenvalue weighted by Crippen LogP contribution is 2.13. The summed E-state index contributed by atoms with van der Waals surface area (Å²) in [6.45, 7) is 6.53. The van der Waals surface area contributed by atoms with Gasteiger partial charge in [0.1, 0.15) is 11.6 Å². The van der Waals surface area contributed by atoms with E-state index in [9.17, 15) is 8.78 Å². The minimum absolute atomic E-state index is 0.418. The summed E-state index contributed by atoms with van der Waals surface area (Å²) in [6, 6.07) is 3.84. The SMILES string of the molecule is CC(C)CNCCCCCCc1ccc(F)cc1F. The van der Waals surface area contributed by atoms with E-state index in [1.54, 1.807) is 6.07 Å². The van der Waals surface area contributed by atoms with Crippen LogP contribution in [0, 0.1) is 17.6 Å². The van der Waals surface area contributed by atoms with Crippen molar-refractivity contribution in [1.82, 2.24) is 5.32 Å². The molecule has 0 atom stereocenters. The molecule has 1 aromatic carbocycles. The van der Waals surface area contributed by atoms with E-state index in [2.05, 4.69) is 19.2 Å². The third-order valence-electron chi connectivity index (χ3n) is 3.12. The fourth-order valence-electron chi connectivity index (χ4n) is 2.03. The third kappa shape index (κ3) is 7.26. The van der Waals surface area contributed by atoms with Crippen molar-refractivity contribution in [2.75, 3.05) is 13.1 Å². The first-order chi connectivity index (χ1) is 9.09. The van der Waals surface area contributed by atoms with E-state index in [-0.39, 0.29) is 0 Å². The smallest absolute Gasteiger partial charge is 0.129 e. The summed E-state index contributed by atoms with van der Waals surface area (Å²) in [5.41, 5.74) is 0.624. The van der Waals surface area contributed by atoms with Crippen LogP contribution < -0.4 is 5.32 Å². The number of halogens is 2. The van der Waals surface area contributed by atoms with Gasteiger partial charge in [0.05, 0.1) is 0 Å². The minimum atomic E-state index is -0.502. The van der Waals surface area contributed by atoms with E-state index in [0.717, 1.165) is 38.4 Å². The zero-order chi connectivity index (χ0) is 14.1. The van der Waals surface area contributed by atoms with Gasteiger partial charge in [-0.3, -0.25) is 0 Å². The fraction of sp³-hybridized carbons (Fsp3) is 0.625. The van der Waals surface area contributed by atoms with Gasteiger partial charge in [0.25, 0.3) is 0 Å². The van der Waals surface area contributed by atoms with Gasteiger partial charge in [-0.25, -0.2) is 8.78 Å². The van der Waals surface area contributed by atoms with Gasteiger partial charge >= 0.3 is 0 Å². The van der Waals surface area contributed by atoms with Crippen LogP contribution in [-0.4, -0.2) is 13.1 Å². The van der Waals surface area contributed by atoms with Crippen molar-refractivity contribution in [3.8, 4) is 0 Å². The maximum Gasteiger partial charge on any atom is 0.129 e. The summed E-state index contributed by atoms with van der Waals surface area (Å²) in [7, 11) is 0. The van der Waals surface area contributed by atoms with Gasteiger partial charge in [-0.2, -0.15) is 0 Å². The first kappa shape index (κ1) is 16.1. The van der Waals surface area contributed by atoms with Gasteiger partial charge in [0, 0.05) is 6.07 Å². The van der Waals surface area contributed by atoms with Gasteiger partial charge in [-0.15, -0.1) is 0 Å². The second-order valence-corrected chi connectivity index (χ2v) is 5.50. The van der Waals surface area contributed by atoms with Gasteiger partial charge in [-0.05, 0) is 49.9 Å². The number of benzene rings is 1. The van der Waals surface area contributed by atoms with E-state index in [0.29, 0.717) is 17.9 Å². The van der Waals surface area contributed by atoms with Crippen LogP contribution in [0.2, 0.25) is 0 Å². The van der Waals surface area contributed by atoms with Crippen molar-refractivity contribution in [2.45, 2.75) is 46.0 Å². The molecule has 0 aromatic heterocycles. The Morgan fingerprint density at radius 2 is 1.79 bits per heavy atom. The van der Waals surface area contributed by atoms with E-state index in [1.807, 2.05) is 0 Å². The Morgan fingerprint density at radius 3 is 2.47 bits per heavy atom. The van der Waals surface area contributed by atoms with E-state index < -0.39 is 11.6 Å². The van der Waals surface area contributed by atoms with Gasteiger partial charge < -0.3 is 5.32 Å². The number of aryl methyl sites for hydroxylation is 1. The standard InChI is InChI=1S/C16H25F2N/c1-13(2)12-19-10-6-4-3-5-7-14-8-9-15(17)11-16(14)18/h8-9,11,13,19H,3-7,10,12H2,1-2H3. The lowest BCUT2D eigenvalue weighted by Crippen LogP contribution is -2.20. The maximum absolute atomic E-state index is 13.4. The molecule has 0 aliphatic rings. The molecule has 1 aromatic rings. The minimum Gasteiger partial charge on any atom is -0.316 e. The summed E-state index contributed by atoms with van der Waals surface area (Å²) in [6.07, 6.45) is 5.09. The van der Waals surface area contributed by atoms with Crippen LogP contribution in [0.1, 0.15) is 45.1 Å². The van der Waals surface area contributed by atoms with Gasteiger partial charge in [-0.1, -0.05) is 32.8 Å². The molecule has 108 valence electrons. The first-order valence-electron chi connectivity index (χ1n) is 7.24. The highest BCUT2D eigenvalue weighted by molar-refractivity contribution is 5.18. The zero-order valence-electron chi connectivity index (χ0n) is 12.0. The molecule has 1 nitrogen and oxygen atoms in total. The molecule has 1 N–H and O–H groups in total. The van der Waals surface area contributed by atoms with E-state index in [4.69, 9.17) is 0 Å². The van der Waals surface area contributed by atoms with Crippen molar-refractivity contribution in [2.24, 2.45) is 5.92 Å². The number of hydrogen-bond acceptors (Lipinski definition) is 1. The summed E-state index contributed by atoms with van der Waals surface area (Å²) < 4.78 is 26.1. The lowest BCUT2D eigenvalue weighted by atomic mass is 10.1. The van der Waals surface area contributed by atoms with E-state index >= 15 is 0 Å². The van der Waals surface area contributed by atoms with Crippen LogP contribution in [0.3, 0.4) is 0 Å². The second-order valence-electron chi connectivity index (χ2n) is 5.50. The molecule has 0 spiro atoms. The predicted octanol–water partition coefficient (Wildman–Crippen LogP) is 4.31. The van der Waals surface area contributed by atoms with Crippen LogP contribution in [0.4, 0.5) is 8.78 Å². The summed E-state index contributed by atoms with van der Waals surface area (Å²) in [5, 5.41) is 3.41. The molecular formula is C16H25F2N. The van der Waals surface area contributed by atoms with Crippen LogP contribution in [0.5, 0.6) is 0 Å². The Balaban J connectivity index is 2.04. The molecule has 0 fully saturated rings. The van der Waals surface area contributed by atoms with Crippen molar-refractivity contribution < 1.29 is 8.78 Å². The normalized spacial score (nSPS) is 11.2. The predicted molar refractivity (Wildman–Crippen MR) is 76.2 cm³/mol. The van der Waals surface area contributed by atoms with Gasteiger partial charge in [0.15, 0.2) is 0 Å². The monoisotopic (exact) mass is 269 g/mol. The van der Waals surface area contributed by atoms with Crippen LogP contribution in [0.15, 0.2) is 18.2 Å². The summed E-state index contributed by atoms with van der Waals surface area (Å²) in [5.74, 6) is -0.225. The molecule has 19 heavy (non-hydrogen) atoms. The molecule has 1 rings (SSSR count). The molecule has 0 amide bonds. The topological polar surface area (TPSA) is 12.0 Å². The Hall–Kier alpha value is -0.960. The Labute approximate surface area is 115 Å². The van der Waals surface area contributed by atoms with Crippen LogP contribution in [0.25, 0.3) is 0 Å². The second kappa shape index (κ2) is 9.03. The Kier molecular flexibility index (Phi) is 7.65. The number of hydrogen-bond donors (Lipinski definition) is 1. The molecule has 0 unspecified atom stereocenters. The van der Waals surface area contributed by atoms with Crippen LogP contribution in [-0.2, 0) is 6.42 Å². The number of nitrogens with one attached hydrogen (secondary N) is 1. The quantitative estimate of drug-likeness (QED) is 0.659. The van der Waals surface area contributed by atoms with Crippen molar-refractivity contribution in [3.63, 3.8) is 0 Å². The molecule has 0 heterocycles. The van der Waals surface area contributed by atoms with Crippen molar-refractivity contribution >= 4 is 0 Å². The molecule has 0 bridgehead atoms. The van der Waals surface area contributed by atoms with Gasteiger partial charge in [0.2, 0.25) is 0 Å². The maximum atomic E-state index is 13.4. The number of unbranched alkanes of at least 4 members (excludes halogenated alkanes) is 3. The molecular weight excluding hydrogens is 244 g/mol. The largest absolute Gasteiger partial charge is 0.316 e. The molecule has 0 aliphatic heterocycles. The lowest BCUT2D eigenvalue weighted by molar-refractivity contribution is 0.524. The highest BCUT2D eigenvalue weighted by atomic mass is 19.1. The average Bonchev–Trinajstić information content (AvgIpc) is 2.34. The molecule has 0 saturated heterocycles. The molecule has 0 radical (unpaired) electrons. The average molecular weight is 269 g/mol. The highest BCUT2D eigenvalue weighted by Gasteiger charge is 2.03. The number of rotatable bonds is 9. The van der Waals surface area contributed by atoms with Crippen molar-refractivity contribution in [1.29, 1.82) is 0 Å². The summed E-state index contributed by atoms with van der Waals surface area (Å²) >= 11 is 0. The fourth-order valence-corrected chi connectivity index (χ4v) is 2.03. The molecule has 3 heteroatoms. The third-order valence-corrected chi connectivity index (χ3v) is 3.12. The summed E-state index contributed by atoms with van der Waals surface area (Å²) in [4.78, 5) is 0.